The van der Waals surface area contributed by atoms with Crippen molar-refractivity contribution in [2.45, 2.75) is 45.1 Å². The molecule has 0 rings (SSSR count). The largest absolute Gasteiger partial charge is 0.377 e. The predicted octanol–water partition coefficient (Wildman–Crippen LogP) is 1.93. The van der Waals surface area contributed by atoms with E-state index < -0.39 is 0 Å². The van der Waals surface area contributed by atoms with E-state index in [1.807, 2.05) is 0 Å². The number of hydrogen-bond donors (Lipinski definition) is 1. The summed E-state index contributed by atoms with van der Waals surface area (Å²) in [4.78, 5) is 0. The van der Waals surface area contributed by atoms with E-state index in [9.17, 15) is 0 Å². The van der Waals surface area contributed by atoms with Crippen LogP contribution < -0.4 is 5.73 Å². The number of nitrogens with two attached hydrogens (primary N) is 1. The van der Waals surface area contributed by atoms with Crippen molar-refractivity contribution in [2.75, 3.05) is 13.7 Å². The number of ether oxygens (including phenoxy) is 1. The van der Waals surface area contributed by atoms with Gasteiger partial charge in [-0.2, -0.15) is 0 Å². The van der Waals surface area contributed by atoms with Gasteiger partial charge in [0.15, 0.2) is 0 Å². The van der Waals surface area contributed by atoms with Crippen LogP contribution in [-0.4, -0.2) is 19.3 Å². The molecule has 0 aromatic rings. The van der Waals surface area contributed by atoms with E-state index in [1.165, 1.54) is 19.3 Å². The smallest absolute Gasteiger partial charge is 0.0772 e. The second-order valence-corrected chi connectivity index (χ2v) is 3.32. The molecule has 0 aromatic heterocycles. The van der Waals surface area contributed by atoms with E-state index in [0.29, 0.717) is 6.54 Å². The highest BCUT2D eigenvalue weighted by molar-refractivity contribution is 4.74. The third-order valence-electron chi connectivity index (χ3n) is 2.23. The maximum atomic E-state index is 5.57. The molecule has 0 saturated heterocycles. The van der Waals surface area contributed by atoms with Gasteiger partial charge in [-0.1, -0.05) is 26.2 Å². The Labute approximate surface area is 70.1 Å². The Morgan fingerprint density at radius 2 is 2.00 bits per heavy atom. The molecule has 0 unspecified atom stereocenters. The minimum absolute atomic E-state index is 0.0881. The second kappa shape index (κ2) is 5.56. The molecule has 0 heterocycles. The number of hydrogen-bond acceptors (Lipinski definition) is 2. The monoisotopic (exact) mass is 159 g/mol. The fourth-order valence-corrected chi connectivity index (χ4v) is 1.04. The van der Waals surface area contributed by atoms with Gasteiger partial charge in [-0.15, -0.1) is 0 Å². The molecular formula is C9H21NO. The summed E-state index contributed by atoms with van der Waals surface area (Å²) < 4.78 is 5.31. The van der Waals surface area contributed by atoms with Crippen molar-refractivity contribution in [3.05, 3.63) is 0 Å². The van der Waals surface area contributed by atoms with E-state index >= 15 is 0 Å². The fraction of sp³-hybridized carbons (Fsp3) is 1.00. The molecule has 0 aliphatic rings. The van der Waals surface area contributed by atoms with Crippen molar-refractivity contribution in [1.82, 2.24) is 0 Å². The molecule has 2 N–H and O–H groups in total. The van der Waals surface area contributed by atoms with Crippen LogP contribution in [-0.2, 0) is 4.74 Å². The Kier molecular flexibility index (Phi) is 5.51. The SMILES string of the molecule is CCCCC[C@](C)(CN)OC. The second-order valence-electron chi connectivity index (χ2n) is 3.32. The maximum Gasteiger partial charge on any atom is 0.0772 e. The van der Waals surface area contributed by atoms with Crippen LogP contribution in [0.2, 0.25) is 0 Å². The molecule has 0 radical (unpaired) electrons. The molecule has 0 saturated carbocycles. The highest BCUT2D eigenvalue weighted by atomic mass is 16.5. The van der Waals surface area contributed by atoms with Gasteiger partial charge >= 0.3 is 0 Å². The minimum atomic E-state index is -0.0881. The highest BCUT2D eigenvalue weighted by Crippen LogP contribution is 2.16. The van der Waals surface area contributed by atoms with Gasteiger partial charge in [-0.25, -0.2) is 0 Å². The Morgan fingerprint density at radius 1 is 1.36 bits per heavy atom. The first-order valence-electron chi connectivity index (χ1n) is 4.43. The van der Waals surface area contributed by atoms with Crippen molar-refractivity contribution >= 4 is 0 Å². The Balaban J connectivity index is 3.51. The summed E-state index contributed by atoms with van der Waals surface area (Å²) in [6.07, 6.45) is 4.83. The molecule has 68 valence electrons. The van der Waals surface area contributed by atoms with Crippen LogP contribution in [0.15, 0.2) is 0 Å². The topological polar surface area (TPSA) is 35.2 Å². The van der Waals surface area contributed by atoms with E-state index in [-0.39, 0.29) is 5.60 Å². The molecule has 0 bridgehead atoms. The number of unbranched alkanes of at least 4 members (excludes halogenated alkanes) is 2. The molecule has 2 heteroatoms. The Morgan fingerprint density at radius 3 is 2.36 bits per heavy atom. The molecule has 0 aromatic carbocycles. The van der Waals surface area contributed by atoms with Gasteiger partial charge in [-0.3, -0.25) is 0 Å². The Hall–Kier alpha value is -0.0800. The van der Waals surface area contributed by atoms with E-state index in [2.05, 4.69) is 13.8 Å². The van der Waals surface area contributed by atoms with Gasteiger partial charge in [0.05, 0.1) is 5.60 Å². The van der Waals surface area contributed by atoms with Crippen molar-refractivity contribution < 1.29 is 4.74 Å². The van der Waals surface area contributed by atoms with Crippen LogP contribution in [0.1, 0.15) is 39.5 Å². The zero-order chi connectivity index (χ0) is 8.74. The van der Waals surface area contributed by atoms with Crippen molar-refractivity contribution in [3.8, 4) is 0 Å². The first kappa shape index (κ1) is 10.9. The summed E-state index contributed by atoms with van der Waals surface area (Å²) in [6.45, 7) is 4.89. The summed E-state index contributed by atoms with van der Waals surface area (Å²) in [7, 11) is 1.73. The van der Waals surface area contributed by atoms with Crippen LogP contribution in [0.3, 0.4) is 0 Å². The lowest BCUT2D eigenvalue weighted by molar-refractivity contribution is 0.00482. The lowest BCUT2D eigenvalue weighted by atomic mass is 9.98. The molecule has 2 nitrogen and oxygen atoms in total. The average Bonchev–Trinajstić information content (AvgIpc) is 2.05. The first-order valence-corrected chi connectivity index (χ1v) is 4.43. The molecule has 0 fully saturated rings. The molecule has 0 amide bonds. The van der Waals surface area contributed by atoms with Gasteiger partial charge < -0.3 is 10.5 Å². The summed E-state index contributed by atoms with van der Waals surface area (Å²) >= 11 is 0. The summed E-state index contributed by atoms with van der Waals surface area (Å²) in [5, 5.41) is 0. The lowest BCUT2D eigenvalue weighted by Gasteiger charge is -2.26. The maximum absolute atomic E-state index is 5.57. The average molecular weight is 159 g/mol. The van der Waals surface area contributed by atoms with E-state index in [1.54, 1.807) is 7.11 Å². The quantitative estimate of drug-likeness (QED) is 0.601. The normalized spacial score (nSPS) is 16.4. The fourth-order valence-electron chi connectivity index (χ4n) is 1.04. The van der Waals surface area contributed by atoms with Crippen molar-refractivity contribution in [3.63, 3.8) is 0 Å². The van der Waals surface area contributed by atoms with Crippen LogP contribution in [0.5, 0.6) is 0 Å². The Bertz CT molecular complexity index is 89.6. The zero-order valence-electron chi connectivity index (χ0n) is 8.02. The molecule has 0 aliphatic carbocycles. The van der Waals surface area contributed by atoms with Gasteiger partial charge in [0.2, 0.25) is 0 Å². The van der Waals surface area contributed by atoms with Gasteiger partial charge in [0, 0.05) is 13.7 Å². The van der Waals surface area contributed by atoms with Crippen LogP contribution in [0.25, 0.3) is 0 Å². The molecule has 0 spiro atoms. The van der Waals surface area contributed by atoms with Crippen molar-refractivity contribution in [1.29, 1.82) is 0 Å². The first-order chi connectivity index (χ1) is 5.18. The number of rotatable bonds is 6. The third kappa shape index (κ3) is 4.38. The standard InChI is InChI=1S/C9H21NO/c1-4-5-6-7-9(2,8-10)11-3/h4-8,10H2,1-3H3/t9-/m1/s1. The lowest BCUT2D eigenvalue weighted by Crippen LogP contribution is -2.36. The van der Waals surface area contributed by atoms with E-state index in [4.69, 9.17) is 10.5 Å². The van der Waals surface area contributed by atoms with Gasteiger partial charge in [0.1, 0.15) is 0 Å². The highest BCUT2D eigenvalue weighted by Gasteiger charge is 2.19. The van der Waals surface area contributed by atoms with Gasteiger partial charge in [-0.05, 0) is 13.3 Å². The number of methoxy groups -OCH3 is 1. The summed E-state index contributed by atoms with van der Waals surface area (Å²) in [5.41, 5.74) is 5.49. The molecular weight excluding hydrogens is 138 g/mol. The molecule has 11 heavy (non-hydrogen) atoms. The van der Waals surface area contributed by atoms with Gasteiger partial charge in [0.25, 0.3) is 0 Å². The summed E-state index contributed by atoms with van der Waals surface area (Å²) in [6, 6.07) is 0. The van der Waals surface area contributed by atoms with Crippen LogP contribution in [0.4, 0.5) is 0 Å². The van der Waals surface area contributed by atoms with Crippen LogP contribution in [0, 0.1) is 0 Å². The van der Waals surface area contributed by atoms with E-state index in [0.717, 1.165) is 6.42 Å². The minimum Gasteiger partial charge on any atom is -0.377 e. The predicted molar refractivity (Wildman–Crippen MR) is 48.6 cm³/mol. The third-order valence-corrected chi connectivity index (χ3v) is 2.23. The molecule has 0 aliphatic heterocycles. The molecule has 1 atom stereocenters. The van der Waals surface area contributed by atoms with Crippen molar-refractivity contribution in [2.24, 2.45) is 5.73 Å². The van der Waals surface area contributed by atoms with Crippen LogP contribution >= 0.6 is 0 Å². The summed E-state index contributed by atoms with van der Waals surface area (Å²) in [5.74, 6) is 0. The zero-order valence-corrected chi connectivity index (χ0v) is 8.02.